The Labute approximate surface area is 202 Å². The Balaban J connectivity index is 1.69. The number of nitrogens with one attached hydrogen (secondary N) is 2. The fourth-order valence-electron chi connectivity index (χ4n) is 4.23. The summed E-state index contributed by atoms with van der Waals surface area (Å²) in [6.45, 7) is 8.16. The van der Waals surface area contributed by atoms with Crippen molar-refractivity contribution in [1.29, 1.82) is 0 Å². The molecule has 0 aliphatic carbocycles. The van der Waals surface area contributed by atoms with Crippen molar-refractivity contribution in [3.8, 4) is 16.9 Å². The number of aromatic nitrogens is 1. The van der Waals surface area contributed by atoms with Gasteiger partial charge in [0.1, 0.15) is 16.1 Å². The fourth-order valence-corrected chi connectivity index (χ4v) is 5.02. The average molecular weight is 479 g/mol. The van der Waals surface area contributed by atoms with E-state index in [1.807, 2.05) is 44.4 Å². The maximum atomic E-state index is 12.5. The number of carbonyl (C=O) groups excluding carboxylic acids is 1. The molecule has 0 aliphatic heterocycles. The van der Waals surface area contributed by atoms with Gasteiger partial charge in [0.15, 0.2) is 0 Å². The Morgan fingerprint density at radius 2 is 1.85 bits per heavy atom. The number of H-pyrrole nitrogens is 1. The molecular formula is C27H30N2O4S. The highest BCUT2D eigenvalue weighted by atomic mass is 32.1. The van der Waals surface area contributed by atoms with Gasteiger partial charge >= 0.3 is 6.09 Å². The lowest BCUT2D eigenvalue weighted by atomic mass is 9.92. The number of pyridine rings is 1. The summed E-state index contributed by atoms with van der Waals surface area (Å²) in [5.41, 5.74) is 3.27. The first-order valence-corrected chi connectivity index (χ1v) is 12.3. The van der Waals surface area contributed by atoms with Crippen molar-refractivity contribution in [2.24, 2.45) is 0 Å². The molecule has 2 heterocycles. The summed E-state index contributed by atoms with van der Waals surface area (Å²) >= 11 is 1.44. The number of amides is 1. The van der Waals surface area contributed by atoms with E-state index in [1.54, 1.807) is 7.11 Å². The fraction of sp³-hybridized carbons (Fsp3) is 0.333. The van der Waals surface area contributed by atoms with Gasteiger partial charge in [0.25, 0.3) is 5.56 Å². The van der Waals surface area contributed by atoms with Crippen LogP contribution in [0.5, 0.6) is 5.75 Å². The number of fused-ring (bicyclic) bond motifs is 3. The molecule has 0 spiro atoms. The van der Waals surface area contributed by atoms with Crippen LogP contribution >= 0.6 is 11.3 Å². The smallest absolute Gasteiger partial charge is 0.407 e. The van der Waals surface area contributed by atoms with Crippen molar-refractivity contribution in [2.75, 3.05) is 13.7 Å². The quantitative estimate of drug-likeness (QED) is 0.334. The van der Waals surface area contributed by atoms with E-state index in [0.29, 0.717) is 11.2 Å². The molecule has 2 aromatic heterocycles. The van der Waals surface area contributed by atoms with Crippen LogP contribution in [0.4, 0.5) is 4.79 Å². The second kappa shape index (κ2) is 9.50. The first kappa shape index (κ1) is 23.8. The standard InChI is InChI=1S/C27H30N2O4S/c1-6-16(15-28-26(31)33-27(2,3)4)17-7-9-18(10-8-17)22-21(32-5)12-11-20-23(22)19-13-14-34-24(19)25(30)29-20/h7-14,16H,6,15H2,1-5H3,(H,28,31)(H,29,30). The van der Waals surface area contributed by atoms with Gasteiger partial charge in [-0.2, -0.15) is 0 Å². The van der Waals surface area contributed by atoms with Crippen molar-refractivity contribution in [3.05, 3.63) is 63.8 Å². The number of hydrogen-bond donors (Lipinski definition) is 2. The normalized spacial score (nSPS) is 12.6. The van der Waals surface area contributed by atoms with Gasteiger partial charge in [-0.1, -0.05) is 31.2 Å². The van der Waals surface area contributed by atoms with Crippen LogP contribution in [0, 0.1) is 0 Å². The van der Waals surface area contributed by atoms with Gasteiger partial charge in [0.05, 0.1) is 7.11 Å². The molecule has 0 saturated heterocycles. The largest absolute Gasteiger partial charge is 0.496 e. The molecule has 34 heavy (non-hydrogen) atoms. The Kier molecular flexibility index (Phi) is 6.66. The molecule has 6 nitrogen and oxygen atoms in total. The van der Waals surface area contributed by atoms with Gasteiger partial charge in [0.2, 0.25) is 0 Å². The highest BCUT2D eigenvalue weighted by Crippen LogP contribution is 2.40. The van der Waals surface area contributed by atoms with E-state index in [4.69, 9.17) is 9.47 Å². The lowest BCUT2D eigenvalue weighted by Crippen LogP contribution is -2.34. The molecule has 7 heteroatoms. The zero-order valence-electron chi connectivity index (χ0n) is 20.2. The molecular weight excluding hydrogens is 448 g/mol. The third-order valence-electron chi connectivity index (χ3n) is 5.83. The van der Waals surface area contributed by atoms with Gasteiger partial charge < -0.3 is 19.8 Å². The molecule has 4 rings (SSSR count). The van der Waals surface area contributed by atoms with Gasteiger partial charge in [-0.05, 0) is 61.9 Å². The van der Waals surface area contributed by atoms with E-state index in [9.17, 15) is 9.59 Å². The maximum absolute atomic E-state index is 12.5. The molecule has 0 bridgehead atoms. The van der Waals surface area contributed by atoms with E-state index >= 15 is 0 Å². The molecule has 0 saturated carbocycles. The van der Waals surface area contributed by atoms with Crippen LogP contribution in [0.15, 0.2) is 52.6 Å². The summed E-state index contributed by atoms with van der Waals surface area (Å²) in [4.78, 5) is 27.6. The third kappa shape index (κ3) is 4.80. The lowest BCUT2D eigenvalue weighted by molar-refractivity contribution is 0.0524. The number of methoxy groups -OCH3 is 1. The second-order valence-electron chi connectivity index (χ2n) is 9.29. The highest BCUT2D eigenvalue weighted by Gasteiger charge is 2.19. The number of alkyl carbamates (subject to hydrolysis) is 1. The molecule has 1 unspecified atom stereocenters. The third-order valence-corrected chi connectivity index (χ3v) is 6.74. The molecule has 2 aromatic carbocycles. The SMILES string of the molecule is CCC(CNC(=O)OC(C)(C)C)c1ccc(-c2c(OC)ccc3[nH]c(=O)c4sccc4c23)cc1. The summed E-state index contributed by atoms with van der Waals surface area (Å²) in [5, 5.41) is 6.73. The van der Waals surface area contributed by atoms with Crippen LogP contribution < -0.4 is 15.6 Å². The van der Waals surface area contributed by atoms with Crippen LogP contribution in [-0.2, 0) is 4.74 Å². The number of carbonyl (C=O) groups is 1. The monoisotopic (exact) mass is 478 g/mol. The molecule has 0 aliphatic rings. The van der Waals surface area contributed by atoms with Crippen molar-refractivity contribution in [2.45, 2.75) is 45.6 Å². The second-order valence-corrected chi connectivity index (χ2v) is 10.2. The number of rotatable bonds is 6. The average Bonchev–Trinajstić information content (AvgIpc) is 3.29. The molecule has 178 valence electrons. The number of hydrogen-bond acceptors (Lipinski definition) is 5. The summed E-state index contributed by atoms with van der Waals surface area (Å²) < 4.78 is 11.8. The number of ether oxygens (including phenoxy) is 2. The highest BCUT2D eigenvalue weighted by molar-refractivity contribution is 7.17. The molecule has 0 fully saturated rings. The van der Waals surface area contributed by atoms with E-state index < -0.39 is 11.7 Å². The van der Waals surface area contributed by atoms with Crippen LogP contribution in [0.1, 0.15) is 45.6 Å². The Morgan fingerprint density at radius 1 is 1.12 bits per heavy atom. The molecule has 1 amide bonds. The van der Waals surface area contributed by atoms with Crippen molar-refractivity contribution < 1.29 is 14.3 Å². The summed E-state index contributed by atoms with van der Waals surface area (Å²) in [5.74, 6) is 0.911. The first-order chi connectivity index (χ1) is 16.2. The van der Waals surface area contributed by atoms with E-state index in [2.05, 4.69) is 41.5 Å². The van der Waals surface area contributed by atoms with Gasteiger partial charge in [-0.15, -0.1) is 11.3 Å². The lowest BCUT2D eigenvalue weighted by Gasteiger charge is -2.22. The van der Waals surface area contributed by atoms with Crippen molar-refractivity contribution in [3.63, 3.8) is 0 Å². The topological polar surface area (TPSA) is 80.4 Å². The van der Waals surface area contributed by atoms with Crippen LogP contribution in [-0.4, -0.2) is 30.3 Å². The predicted molar refractivity (Wildman–Crippen MR) is 139 cm³/mol. The molecule has 4 aromatic rings. The molecule has 0 radical (unpaired) electrons. The number of aromatic amines is 1. The van der Waals surface area contributed by atoms with Gasteiger partial charge in [0, 0.05) is 34.3 Å². The Hall–Kier alpha value is -3.32. The summed E-state index contributed by atoms with van der Waals surface area (Å²) in [6.07, 6.45) is 0.473. The Morgan fingerprint density at radius 3 is 2.50 bits per heavy atom. The van der Waals surface area contributed by atoms with Crippen LogP contribution in [0.2, 0.25) is 0 Å². The molecule has 1 atom stereocenters. The summed E-state index contributed by atoms with van der Waals surface area (Å²) in [7, 11) is 1.66. The van der Waals surface area contributed by atoms with Gasteiger partial charge in [-0.25, -0.2) is 4.79 Å². The van der Waals surface area contributed by atoms with Gasteiger partial charge in [-0.3, -0.25) is 4.79 Å². The molecule has 2 N–H and O–H groups in total. The van der Waals surface area contributed by atoms with Crippen molar-refractivity contribution in [1.82, 2.24) is 10.3 Å². The minimum Gasteiger partial charge on any atom is -0.496 e. The number of benzene rings is 2. The zero-order valence-corrected chi connectivity index (χ0v) is 21.0. The summed E-state index contributed by atoms with van der Waals surface area (Å²) in [6, 6.07) is 14.1. The van der Waals surface area contributed by atoms with E-state index in [1.165, 1.54) is 11.3 Å². The maximum Gasteiger partial charge on any atom is 0.407 e. The van der Waals surface area contributed by atoms with Crippen LogP contribution in [0.25, 0.3) is 32.1 Å². The first-order valence-electron chi connectivity index (χ1n) is 11.4. The van der Waals surface area contributed by atoms with Crippen LogP contribution in [0.3, 0.4) is 0 Å². The van der Waals surface area contributed by atoms with E-state index in [0.717, 1.165) is 45.1 Å². The minimum absolute atomic E-state index is 0.0766. The minimum atomic E-state index is -0.525. The zero-order chi connectivity index (χ0) is 24.5. The van der Waals surface area contributed by atoms with Crippen molar-refractivity contribution >= 4 is 38.4 Å². The van der Waals surface area contributed by atoms with E-state index in [-0.39, 0.29) is 11.5 Å². The Bertz CT molecular complexity index is 1380. The predicted octanol–water partition coefficient (Wildman–Crippen LogP) is 6.44. The number of thiophene rings is 1.